The third-order valence-corrected chi connectivity index (χ3v) is 3.43. The molecule has 1 N–H and O–H groups in total. The van der Waals surface area contributed by atoms with Gasteiger partial charge >= 0.3 is 0 Å². The second-order valence-corrected chi connectivity index (χ2v) is 6.43. The van der Waals surface area contributed by atoms with E-state index in [-0.39, 0.29) is 6.10 Å². The largest absolute Gasteiger partial charge is 0.493 e. The summed E-state index contributed by atoms with van der Waals surface area (Å²) in [7, 11) is 0. The molecule has 0 bridgehead atoms. The van der Waals surface area contributed by atoms with Gasteiger partial charge in [-0.2, -0.15) is 0 Å². The number of benzene rings is 2. The molecule has 2 rings (SSSR count). The van der Waals surface area contributed by atoms with Crippen LogP contribution in [0.5, 0.6) is 11.5 Å². The van der Waals surface area contributed by atoms with Crippen LogP contribution in [0, 0.1) is 5.92 Å². The quantitative estimate of drug-likeness (QED) is 0.715. The molecule has 0 saturated heterocycles. The van der Waals surface area contributed by atoms with Gasteiger partial charge in [0.15, 0.2) is 0 Å². The maximum Gasteiger partial charge on any atom is 0.119 e. The number of rotatable bonds is 8. The second-order valence-electron chi connectivity index (χ2n) is 5.99. The summed E-state index contributed by atoms with van der Waals surface area (Å²) in [4.78, 5) is 0. The molecule has 0 aliphatic rings. The molecule has 1 atom stereocenters. The van der Waals surface area contributed by atoms with Crippen molar-refractivity contribution in [2.45, 2.75) is 26.9 Å². The first-order valence-electron chi connectivity index (χ1n) is 7.92. The van der Waals surface area contributed by atoms with Crippen molar-refractivity contribution in [3.63, 3.8) is 0 Å². The van der Waals surface area contributed by atoms with Crippen molar-refractivity contribution in [1.29, 1.82) is 0 Å². The van der Waals surface area contributed by atoms with Crippen molar-refractivity contribution in [2.24, 2.45) is 5.92 Å². The Morgan fingerprint density at radius 3 is 2.13 bits per heavy atom. The lowest BCUT2D eigenvalue weighted by molar-refractivity contribution is 0.235. The Hall–Kier alpha value is -1.87. The summed E-state index contributed by atoms with van der Waals surface area (Å²) in [6.07, 6.45) is 0.0491. The minimum atomic E-state index is 0.0491. The van der Waals surface area contributed by atoms with Crippen LogP contribution in [0.25, 0.3) is 0 Å². The fraction of sp³-hybridized carbons (Fsp3) is 0.368. The molecule has 2 aromatic rings. The van der Waals surface area contributed by atoms with Crippen molar-refractivity contribution >= 4 is 17.3 Å². The van der Waals surface area contributed by atoms with Gasteiger partial charge in [0.05, 0.1) is 13.2 Å². The zero-order valence-corrected chi connectivity index (χ0v) is 14.6. The molecule has 1 unspecified atom stereocenters. The fourth-order valence-corrected chi connectivity index (χ4v) is 2.11. The maximum atomic E-state index is 5.86. The van der Waals surface area contributed by atoms with Gasteiger partial charge in [-0.05, 0) is 61.4 Å². The zero-order valence-electron chi connectivity index (χ0n) is 13.9. The summed E-state index contributed by atoms with van der Waals surface area (Å²) in [6.45, 7) is 7.76. The van der Waals surface area contributed by atoms with E-state index >= 15 is 0 Å². The van der Waals surface area contributed by atoms with Crippen LogP contribution in [-0.4, -0.2) is 19.3 Å². The predicted octanol–water partition coefficient (Wildman–Crippen LogP) is 5.25. The minimum Gasteiger partial charge on any atom is -0.493 e. The highest BCUT2D eigenvalue weighted by Crippen LogP contribution is 2.18. The number of ether oxygens (including phenoxy) is 2. The van der Waals surface area contributed by atoms with Gasteiger partial charge in [-0.1, -0.05) is 25.4 Å². The standard InChI is InChI=1S/C19H24ClNO2/c1-14(2)13-22-18-10-6-17(7-11-18)21-12-15(3)23-19-8-4-16(20)5-9-19/h4-11,14-15,21H,12-13H2,1-3H3. The van der Waals surface area contributed by atoms with Crippen molar-refractivity contribution in [2.75, 3.05) is 18.5 Å². The lowest BCUT2D eigenvalue weighted by atomic mass is 10.2. The van der Waals surface area contributed by atoms with Crippen LogP contribution in [0.3, 0.4) is 0 Å². The smallest absolute Gasteiger partial charge is 0.119 e. The van der Waals surface area contributed by atoms with E-state index in [1.807, 2.05) is 55.5 Å². The van der Waals surface area contributed by atoms with Crippen molar-refractivity contribution in [3.8, 4) is 11.5 Å². The van der Waals surface area contributed by atoms with Gasteiger partial charge in [-0.15, -0.1) is 0 Å². The Morgan fingerprint density at radius 2 is 1.52 bits per heavy atom. The van der Waals surface area contributed by atoms with Crippen LogP contribution in [0.4, 0.5) is 5.69 Å². The molecule has 0 spiro atoms. The molecule has 0 aliphatic heterocycles. The molecule has 0 aromatic heterocycles. The maximum absolute atomic E-state index is 5.86. The molecular formula is C19H24ClNO2. The van der Waals surface area contributed by atoms with Gasteiger partial charge in [0, 0.05) is 10.7 Å². The summed E-state index contributed by atoms with van der Waals surface area (Å²) in [5.41, 5.74) is 1.05. The first-order chi connectivity index (χ1) is 11.0. The number of halogens is 1. The van der Waals surface area contributed by atoms with Gasteiger partial charge in [0.1, 0.15) is 17.6 Å². The van der Waals surface area contributed by atoms with Crippen LogP contribution >= 0.6 is 11.6 Å². The number of anilines is 1. The highest BCUT2D eigenvalue weighted by molar-refractivity contribution is 6.30. The van der Waals surface area contributed by atoms with Gasteiger partial charge in [0.25, 0.3) is 0 Å². The SMILES string of the molecule is CC(C)COc1ccc(NCC(C)Oc2ccc(Cl)cc2)cc1. The molecule has 0 amide bonds. The van der Waals surface area contributed by atoms with Crippen LogP contribution < -0.4 is 14.8 Å². The first kappa shape index (κ1) is 17.5. The molecule has 0 aliphatic carbocycles. The predicted molar refractivity (Wildman–Crippen MR) is 96.8 cm³/mol. The van der Waals surface area contributed by atoms with Gasteiger partial charge in [-0.3, -0.25) is 0 Å². The van der Waals surface area contributed by atoms with E-state index in [0.29, 0.717) is 10.9 Å². The van der Waals surface area contributed by atoms with E-state index in [1.54, 1.807) is 0 Å². The number of hydrogen-bond acceptors (Lipinski definition) is 3. The van der Waals surface area contributed by atoms with Crippen LogP contribution in [0.15, 0.2) is 48.5 Å². The van der Waals surface area contributed by atoms with Crippen LogP contribution in [0.2, 0.25) is 5.02 Å². The summed E-state index contributed by atoms with van der Waals surface area (Å²) >= 11 is 5.86. The molecular weight excluding hydrogens is 310 g/mol. The second kappa shape index (κ2) is 8.68. The van der Waals surface area contributed by atoms with Gasteiger partial charge in [-0.25, -0.2) is 0 Å². The molecule has 124 valence electrons. The van der Waals surface area contributed by atoms with Crippen molar-refractivity contribution in [1.82, 2.24) is 0 Å². The van der Waals surface area contributed by atoms with E-state index in [1.165, 1.54) is 0 Å². The topological polar surface area (TPSA) is 30.5 Å². The highest BCUT2D eigenvalue weighted by atomic mass is 35.5. The molecule has 0 heterocycles. The summed E-state index contributed by atoms with van der Waals surface area (Å²) < 4.78 is 11.5. The van der Waals surface area contributed by atoms with Crippen molar-refractivity contribution in [3.05, 3.63) is 53.6 Å². The summed E-state index contributed by atoms with van der Waals surface area (Å²) in [6, 6.07) is 15.4. The minimum absolute atomic E-state index is 0.0491. The summed E-state index contributed by atoms with van der Waals surface area (Å²) in [5.74, 6) is 2.24. The van der Waals surface area contributed by atoms with Gasteiger partial charge in [0.2, 0.25) is 0 Å². The molecule has 23 heavy (non-hydrogen) atoms. The lowest BCUT2D eigenvalue weighted by Gasteiger charge is -2.16. The van der Waals surface area contributed by atoms with Gasteiger partial charge < -0.3 is 14.8 Å². The monoisotopic (exact) mass is 333 g/mol. The van der Waals surface area contributed by atoms with E-state index in [4.69, 9.17) is 21.1 Å². The van der Waals surface area contributed by atoms with Crippen LogP contribution in [0.1, 0.15) is 20.8 Å². The third kappa shape index (κ3) is 6.41. The van der Waals surface area contributed by atoms with E-state index in [9.17, 15) is 0 Å². The first-order valence-corrected chi connectivity index (χ1v) is 8.29. The van der Waals surface area contributed by atoms with E-state index in [2.05, 4.69) is 19.2 Å². The Balaban J connectivity index is 1.77. The Kier molecular flexibility index (Phi) is 6.60. The Labute approximate surface area is 143 Å². The van der Waals surface area contributed by atoms with Crippen molar-refractivity contribution < 1.29 is 9.47 Å². The molecule has 4 heteroatoms. The average Bonchev–Trinajstić information content (AvgIpc) is 2.54. The Morgan fingerprint density at radius 1 is 0.913 bits per heavy atom. The average molecular weight is 334 g/mol. The zero-order chi connectivity index (χ0) is 16.7. The summed E-state index contributed by atoms with van der Waals surface area (Å²) in [5, 5.41) is 4.07. The number of nitrogens with one attached hydrogen (secondary N) is 1. The third-order valence-electron chi connectivity index (χ3n) is 3.18. The number of hydrogen-bond donors (Lipinski definition) is 1. The van der Waals surface area contributed by atoms with E-state index in [0.717, 1.165) is 30.3 Å². The molecule has 2 aromatic carbocycles. The normalized spacial score (nSPS) is 12.0. The lowest BCUT2D eigenvalue weighted by Crippen LogP contribution is -2.22. The molecule has 3 nitrogen and oxygen atoms in total. The Bertz CT molecular complexity index is 581. The van der Waals surface area contributed by atoms with E-state index < -0.39 is 0 Å². The molecule has 0 radical (unpaired) electrons. The highest BCUT2D eigenvalue weighted by Gasteiger charge is 2.04. The molecule has 0 saturated carbocycles. The van der Waals surface area contributed by atoms with Crippen LogP contribution in [-0.2, 0) is 0 Å². The molecule has 0 fully saturated rings. The fourth-order valence-electron chi connectivity index (χ4n) is 1.98.